The average molecular weight is 411 g/mol. The largest absolute Gasteiger partial charge is 0.481 e. The van der Waals surface area contributed by atoms with Gasteiger partial charge in [0, 0.05) is 6.42 Å². The molecule has 0 spiro atoms. The lowest BCUT2D eigenvalue weighted by molar-refractivity contribution is -0.141. The minimum Gasteiger partial charge on any atom is -0.481 e. The molecule has 0 bridgehead atoms. The fourth-order valence-electron chi connectivity index (χ4n) is 4.02. The van der Waals surface area contributed by atoms with E-state index in [1.54, 1.807) is 6.92 Å². The molecular formula is C23H38O6. The van der Waals surface area contributed by atoms with Gasteiger partial charge in [0.2, 0.25) is 0 Å². The maximum Gasteiger partial charge on any atom is 0.306 e. The average Bonchev–Trinajstić information content (AvgIpc) is 2.66. The summed E-state index contributed by atoms with van der Waals surface area (Å²) in [5.41, 5.74) is 1.25. The Labute approximate surface area is 174 Å². The summed E-state index contributed by atoms with van der Waals surface area (Å²) < 4.78 is 0. The van der Waals surface area contributed by atoms with Crippen molar-refractivity contribution in [1.82, 2.24) is 0 Å². The summed E-state index contributed by atoms with van der Waals surface area (Å²) in [5, 5.41) is 36.6. The number of carbonyl (C=O) groups is 2. The third-order valence-corrected chi connectivity index (χ3v) is 6.17. The van der Waals surface area contributed by atoms with Crippen LogP contribution in [0.15, 0.2) is 23.8 Å². The molecule has 2 aliphatic carbocycles. The van der Waals surface area contributed by atoms with Crippen LogP contribution in [0.4, 0.5) is 0 Å². The van der Waals surface area contributed by atoms with Crippen molar-refractivity contribution >= 4 is 11.9 Å². The summed E-state index contributed by atoms with van der Waals surface area (Å²) in [6.07, 6.45) is 11.1. The Kier molecular flexibility index (Phi) is 11.2. The number of aliphatic hydroxyl groups is 2. The number of carboxylic acid groups (broad SMARTS) is 2. The lowest BCUT2D eigenvalue weighted by Crippen LogP contribution is -2.30. The molecule has 6 heteroatoms. The standard InChI is InChI=1S/C18H28O4.C5H10O2/c1-12-5-6-13-11-15(20)8-10-17(13)16(12)9-7-14(19)3-2-4-18(21)22;1-3-4(2)5(6)7/h5-6,11-12,14-17,19-20H,2-4,7-10H2,1H3,(H,21,22);4H,3H2,1-2H3,(H,6,7). The smallest absolute Gasteiger partial charge is 0.306 e. The molecule has 0 aromatic rings. The molecule has 2 aliphatic rings. The molecule has 0 amide bonds. The van der Waals surface area contributed by atoms with E-state index < -0.39 is 18.0 Å². The van der Waals surface area contributed by atoms with Crippen LogP contribution in [0.25, 0.3) is 0 Å². The second kappa shape index (κ2) is 12.8. The first-order valence-corrected chi connectivity index (χ1v) is 10.9. The summed E-state index contributed by atoms with van der Waals surface area (Å²) in [5.74, 6) is -0.188. The van der Waals surface area contributed by atoms with Crippen molar-refractivity contribution in [2.45, 2.75) is 84.3 Å². The number of carboxylic acids is 2. The fraction of sp³-hybridized carbons (Fsp3) is 0.739. The summed E-state index contributed by atoms with van der Waals surface area (Å²) in [6, 6.07) is 0. The lowest BCUT2D eigenvalue weighted by atomic mass is 9.67. The van der Waals surface area contributed by atoms with Crippen molar-refractivity contribution in [1.29, 1.82) is 0 Å². The van der Waals surface area contributed by atoms with Gasteiger partial charge in [-0.2, -0.15) is 0 Å². The van der Waals surface area contributed by atoms with Gasteiger partial charge >= 0.3 is 11.9 Å². The monoisotopic (exact) mass is 410 g/mol. The van der Waals surface area contributed by atoms with E-state index in [1.165, 1.54) is 5.57 Å². The van der Waals surface area contributed by atoms with Gasteiger partial charge in [-0.25, -0.2) is 0 Å². The predicted molar refractivity (Wildman–Crippen MR) is 112 cm³/mol. The number of hydrogen-bond acceptors (Lipinski definition) is 4. The zero-order valence-electron chi connectivity index (χ0n) is 18.0. The number of rotatable bonds is 9. The van der Waals surface area contributed by atoms with E-state index in [-0.39, 0.29) is 18.4 Å². The Morgan fingerprint density at radius 3 is 2.45 bits per heavy atom. The highest BCUT2D eigenvalue weighted by molar-refractivity contribution is 5.69. The van der Waals surface area contributed by atoms with Crippen LogP contribution in [0.2, 0.25) is 0 Å². The van der Waals surface area contributed by atoms with Gasteiger partial charge < -0.3 is 20.4 Å². The zero-order chi connectivity index (χ0) is 22.0. The van der Waals surface area contributed by atoms with Gasteiger partial charge in [0.15, 0.2) is 0 Å². The van der Waals surface area contributed by atoms with Gasteiger partial charge in [0.25, 0.3) is 0 Å². The van der Waals surface area contributed by atoms with E-state index in [0.717, 1.165) is 32.1 Å². The summed E-state index contributed by atoms with van der Waals surface area (Å²) in [6.45, 7) is 5.78. The highest BCUT2D eigenvalue weighted by Gasteiger charge is 2.33. The van der Waals surface area contributed by atoms with E-state index in [9.17, 15) is 19.8 Å². The van der Waals surface area contributed by atoms with Crippen molar-refractivity contribution < 1.29 is 30.0 Å². The molecule has 0 fully saturated rings. The topological polar surface area (TPSA) is 115 Å². The molecule has 0 aromatic carbocycles. The van der Waals surface area contributed by atoms with E-state index >= 15 is 0 Å². The first-order chi connectivity index (χ1) is 13.6. The van der Waals surface area contributed by atoms with Crippen molar-refractivity contribution in [3.05, 3.63) is 23.8 Å². The molecule has 6 atom stereocenters. The van der Waals surface area contributed by atoms with Crippen LogP contribution in [0.1, 0.15) is 72.1 Å². The Morgan fingerprint density at radius 1 is 1.21 bits per heavy atom. The number of allylic oxidation sites excluding steroid dienone is 3. The molecule has 0 aliphatic heterocycles. The van der Waals surface area contributed by atoms with E-state index in [2.05, 4.69) is 19.1 Å². The van der Waals surface area contributed by atoms with Crippen LogP contribution in [-0.2, 0) is 9.59 Å². The van der Waals surface area contributed by atoms with Gasteiger partial charge in [-0.1, -0.05) is 39.0 Å². The molecule has 29 heavy (non-hydrogen) atoms. The first-order valence-electron chi connectivity index (χ1n) is 10.9. The van der Waals surface area contributed by atoms with Crippen LogP contribution >= 0.6 is 0 Å². The zero-order valence-corrected chi connectivity index (χ0v) is 18.0. The first kappa shape index (κ1) is 25.4. The van der Waals surface area contributed by atoms with E-state index in [0.29, 0.717) is 30.6 Å². The van der Waals surface area contributed by atoms with Crippen LogP contribution < -0.4 is 0 Å². The molecule has 0 saturated heterocycles. The van der Waals surface area contributed by atoms with Crippen LogP contribution in [0.5, 0.6) is 0 Å². The fourth-order valence-corrected chi connectivity index (χ4v) is 4.02. The second-order valence-electron chi connectivity index (χ2n) is 8.46. The number of aliphatic hydroxyl groups excluding tert-OH is 2. The van der Waals surface area contributed by atoms with Crippen LogP contribution in [0, 0.1) is 23.7 Å². The van der Waals surface area contributed by atoms with Gasteiger partial charge in [-0.3, -0.25) is 9.59 Å². The van der Waals surface area contributed by atoms with Crippen molar-refractivity contribution in [2.24, 2.45) is 23.7 Å². The van der Waals surface area contributed by atoms with Crippen molar-refractivity contribution in [2.75, 3.05) is 0 Å². The SMILES string of the molecule is CC1C=CC2=CC(O)CCC2C1CCC(O)CCCC(=O)O.CCC(C)C(=O)O. The maximum atomic E-state index is 10.5. The molecule has 0 aromatic heterocycles. The maximum absolute atomic E-state index is 10.5. The molecule has 6 unspecified atom stereocenters. The highest BCUT2D eigenvalue weighted by Crippen LogP contribution is 2.42. The molecule has 6 nitrogen and oxygen atoms in total. The summed E-state index contributed by atoms with van der Waals surface area (Å²) in [7, 11) is 0. The minimum absolute atomic E-state index is 0.132. The molecular weight excluding hydrogens is 372 g/mol. The predicted octanol–water partition coefficient (Wildman–Crippen LogP) is 4.02. The highest BCUT2D eigenvalue weighted by atomic mass is 16.4. The Balaban J connectivity index is 0.000000516. The molecule has 0 heterocycles. The molecule has 4 N–H and O–H groups in total. The number of fused-ring (bicyclic) bond motifs is 1. The molecule has 166 valence electrons. The van der Waals surface area contributed by atoms with Crippen molar-refractivity contribution in [3.8, 4) is 0 Å². The van der Waals surface area contributed by atoms with E-state index in [4.69, 9.17) is 10.2 Å². The third kappa shape index (κ3) is 9.13. The van der Waals surface area contributed by atoms with Gasteiger partial charge in [0.1, 0.15) is 0 Å². The summed E-state index contributed by atoms with van der Waals surface area (Å²) in [4.78, 5) is 20.4. The Bertz CT molecular complexity index is 582. The summed E-state index contributed by atoms with van der Waals surface area (Å²) >= 11 is 0. The van der Waals surface area contributed by atoms with Gasteiger partial charge in [-0.05, 0) is 68.3 Å². The molecule has 2 rings (SSSR count). The van der Waals surface area contributed by atoms with E-state index in [1.807, 2.05) is 13.0 Å². The van der Waals surface area contributed by atoms with Gasteiger partial charge in [-0.15, -0.1) is 0 Å². The van der Waals surface area contributed by atoms with Crippen LogP contribution in [0.3, 0.4) is 0 Å². The van der Waals surface area contributed by atoms with Crippen molar-refractivity contribution in [3.63, 3.8) is 0 Å². The quantitative estimate of drug-likeness (QED) is 0.456. The minimum atomic E-state index is -0.797. The van der Waals surface area contributed by atoms with Crippen LogP contribution in [-0.4, -0.2) is 44.6 Å². The number of aliphatic carboxylic acids is 2. The normalized spacial score (nSPS) is 27.7. The van der Waals surface area contributed by atoms with Gasteiger partial charge in [0.05, 0.1) is 18.1 Å². The third-order valence-electron chi connectivity index (χ3n) is 6.17. The molecule has 0 radical (unpaired) electrons. The second-order valence-corrected chi connectivity index (χ2v) is 8.46. The Morgan fingerprint density at radius 2 is 1.90 bits per heavy atom. The molecule has 0 saturated carbocycles. The number of hydrogen-bond donors (Lipinski definition) is 4. The lowest BCUT2D eigenvalue weighted by Gasteiger charge is -2.38. The Hall–Kier alpha value is -1.66.